The summed E-state index contributed by atoms with van der Waals surface area (Å²) in [6.07, 6.45) is 1.71. The minimum atomic E-state index is -0.403. The highest BCUT2D eigenvalue weighted by Crippen LogP contribution is 2.26. The van der Waals surface area contributed by atoms with Gasteiger partial charge in [0, 0.05) is 31.0 Å². The van der Waals surface area contributed by atoms with Crippen LogP contribution in [-0.4, -0.2) is 43.5 Å². The fourth-order valence-electron chi connectivity index (χ4n) is 2.86. The molecule has 0 saturated heterocycles. The van der Waals surface area contributed by atoms with Crippen molar-refractivity contribution in [2.75, 3.05) is 38.6 Å². The number of amides is 2. The van der Waals surface area contributed by atoms with E-state index < -0.39 is 6.03 Å². The third kappa shape index (κ3) is 5.05. The van der Waals surface area contributed by atoms with E-state index >= 15 is 0 Å². The van der Waals surface area contributed by atoms with Gasteiger partial charge >= 0.3 is 6.03 Å². The highest BCUT2D eigenvalue weighted by atomic mass is 16.5. The maximum atomic E-state index is 12.5. The standard InChI is InChI=1S/C21H24N4O4/c1-27-11-10-25-19(15-6-4-8-17(12-15)28-2)14-22-20(25)24-21(26)23-16-7-5-9-18(13-16)29-3/h4-9,12-14H,10-11H2,1-3H3,(H2,22,23,24,26). The Kier molecular flexibility index (Phi) is 6.70. The number of nitrogens with zero attached hydrogens (tertiary/aromatic N) is 2. The Morgan fingerprint density at radius 1 is 1.00 bits per heavy atom. The van der Waals surface area contributed by atoms with Gasteiger partial charge in [-0.3, -0.25) is 5.32 Å². The summed E-state index contributed by atoms with van der Waals surface area (Å²) in [5.74, 6) is 1.82. The summed E-state index contributed by atoms with van der Waals surface area (Å²) in [6, 6.07) is 14.4. The van der Waals surface area contributed by atoms with Crippen molar-refractivity contribution >= 4 is 17.7 Å². The lowest BCUT2D eigenvalue weighted by Crippen LogP contribution is -2.22. The molecular formula is C21H24N4O4. The summed E-state index contributed by atoms with van der Waals surface area (Å²) in [5.41, 5.74) is 2.39. The molecule has 3 aromatic rings. The van der Waals surface area contributed by atoms with Gasteiger partial charge in [-0.05, 0) is 24.3 Å². The number of rotatable bonds is 8. The van der Waals surface area contributed by atoms with E-state index in [1.807, 2.05) is 28.8 Å². The fraction of sp³-hybridized carbons (Fsp3) is 0.238. The molecule has 0 aliphatic carbocycles. The lowest BCUT2D eigenvalue weighted by atomic mass is 10.1. The monoisotopic (exact) mass is 396 g/mol. The predicted molar refractivity (Wildman–Crippen MR) is 112 cm³/mol. The van der Waals surface area contributed by atoms with E-state index in [1.54, 1.807) is 51.8 Å². The molecule has 0 spiro atoms. The van der Waals surface area contributed by atoms with Crippen LogP contribution < -0.4 is 20.1 Å². The van der Waals surface area contributed by atoms with Gasteiger partial charge in [-0.2, -0.15) is 0 Å². The Bertz CT molecular complexity index is 971. The number of carbonyl (C=O) groups excluding carboxylic acids is 1. The van der Waals surface area contributed by atoms with Gasteiger partial charge in [-0.25, -0.2) is 9.78 Å². The molecule has 0 aliphatic heterocycles. The van der Waals surface area contributed by atoms with Crippen LogP contribution in [0.15, 0.2) is 54.7 Å². The second-order valence-corrected chi connectivity index (χ2v) is 6.15. The first-order chi connectivity index (χ1) is 14.1. The predicted octanol–water partition coefficient (Wildman–Crippen LogP) is 3.86. The zero-order valence-electron chi connectivity index (χ0n) is 16.6. The Morgan fingerprint density at radius 2 is 1.72 bits per heavy atom. The van der Waals surface area contributed by atoms with E-state index in [4.69, 9.17) is 14.2 Å². The third-order valence-electron chi connectivity index (χ3n) is 4.29. The van der Waals surface area contributed by atoms with Crippen LogP contribution in [0, 0.1) is 0 Å². The SMILES string of the molecule is COCCn1c(-c2cccc(OC)c2)cnc1NC(=O)Nc1cccc(OC)c1. The molecule has 0 unspecified atom stereocenters. The molecule has 0 fully saturated rings. The average Bonchev–Trinajstić information content (AvgIpc) is 3.14. The number of imidazole rings is 1. The van der Waals surface area contributed by atoms with Crippen molar-refractivity contribution in [2.24, 2.45) is 0 Å². The van der Waals surface area contributed by atoms with Crippen LogP contribution in [0.4, 0.5) is 16.4 Å². The molecule has 0 bridgehead atoms. The van der Waals surface area contributed by atoms with E-state index in [-0.39, 0.29) is 0 Å². The molecule has 1 aromatic heterocycles. The fourth-order valence-corrected chi connectivity index (χ4v) is 2.86. The Balaban J connectivity index is 1.82. The number of hydrogen-bond donors (Lipinski definition) is 2. The second kappa shape index (κ2) is 9.61. The number of nitrogens with one attached hydrogen (secondary N) is 2. The molecular weight excluding hydrogens is 372 g/mol. The molecule has 152 valence electrons. The van der Waals surface area contributed by atoms with E-state index in [9.17, 15) is 4.79 Å². The molecule has 2 N–H and O–H groups in total. The van der Waals surface area contributed by atoms with Gasteiger partial charge in [0.1, 0.15) is 11.5 Å². The number of benzene rings is 2. The van der Waals surface area contributed by atoms with Crippen LogP contribution in [-0.2, 0) is 11.3 Å². The maximum Gasteiger partial charge on any atom is 0.326 e. The molecule has 8 nitrogen and oxygen atoms in total. The van der Waals surface area contributed by atoms with Gasteiger partial charge in [-0.15, -0.1) is 0 Å². The number of aromatic nitrogens is 2. The molecule has 2 aromatic carbocycles. The number of urea groups is 1. The molecule has 0 radical (unpaired) electrons. The van der Waals surface area contributed by atoms with E-state index in [0.717, 1.165) is 17.0 Å². The van der Waals surface area contributed by atoms with Crippen LogP contribution in [0.25, 0.3) is 11.3 Å². The molecule has 2 amide bonds. The summed E-state index contributed by atoms with van der Waals surface area (Å²) in [4.78, 5) is 16.9. The summed E-state index contributed by atoms with van der Waals surface area (Å²) in [7, 11) is 4.83. The first-order valence-corrected chi connectivity index (χ1v) is 9.05. The lowest BCUT2D eigenvalue weighted by Gasteiger charge is -2.13. The van der Waals surface area contributed by atoms with Crippen molar-refractivity contribution in [3.63, 3.8) is 0 Å². The topological polar surface area (TPSA) is 86.6 Å². The van der Waals surface area contributed by atoms with Crippen LogP contribution in [0.2, 0.25) is 0 Å². The zero-order chi connectivity index (χ0) is 20.6. The minimum absolute atomic E-state index is 0.403. The number of anilines is 2. The van der Waals surface area contributed by atoms with Crippen LogP contribution >= 0.6 is 0 Å². The first kappa shape index (κ1) is 20.2. The molecule has 0 aliphatic rings. The van der Waals surface area contributed by atoms with Crippen molar-refractivity contribution in [1.82, 2.24) is 9.55 Å². The summed E-state index contributed by atoms with van der Waals surface area (Å²) in [5, 5.41) is 5.58. The maximum absolute atomic E-state index is 12.5. The largest absolute Gasteiger partial charge is 0.497 e. The van der Waals surface area contributed by atoms with Crippen molar-refractivity contribution in [3.8, 4) is 22.8 Å². The number of hydrogen-bond acceptors (Lipinski definition) is 5. The molecule has 1 heterocycles. The van der Waals surface area contributed by atoms with Crippen LogP contribution in [0.3, 0.4) is 0 Å². The summed E-state index contributed by atoms with van der Waals surface area (Å²) in [6.45, 7) is 0.997. The molecule has 3 rings (SSSR count). The Morgan fingerprint density at radius 3 is 2.45 bits per heavy atom. The second-order valence-electron chi connectivity index (χ2n) is 6.15. The van der Waals surface area contributed by atoms with Gasteiger partial charge in [0.25, 0.3) is 0 Å². The third-order valence-corrected chi connectivity index (χ3v) is 4.29. The van der Waals surface area contributed by atoms with Crippen LogP contribution in [0.5, 0.6) is 11.5 Å². The normalized spacial score (nSPS) is 10.4. The minimum Gasteiger partial charge on any atom is -0.497 e. The highest BCUT2D eigenvalue weighted by molar-refractivity contribution is 5.99. The first-order valence-electron chi connectivity index (χ1n) is 9.05. The molecule has 29 heavy (non-hydrogen) atoms. The lowest BCUT2D eigenvalue weighted by molar-refractivity contribution is 0.188. The Hall–Kier alpha value is -3.52. The van der Waals surface area contributed by atoms with E-state index in [0.29, 0.717) is 30.5 Å². The smallest absolute Gasteiger partial charge is 0.326 e. The summed E-state index contributed by atoms with van der Waals surface area (Å²) >= 11 is 0. The zero-order valence-corrected chi connectivity index (χ0v) is 16.6. The molecule has 0 saturated carbocycles. The van der Waals surface area contributed by atoms with E-state index in [2.05, 4.69) is 15.6 Å². The Labute approximate surface area is 169 Å². The van der Waals surface area contributed by atoms with Gasteiger partial charge in [0.2, 0.25) is 5.95 Å². The van der Waals surface area contributed by atoms with Crippen LogP contribution in [0.1, 0.15) is 0 Å². The van der Waals surface area contributed by atoms with Gasteiger partial charge in [-0.1, -0.05) is 18.2 Å². The van der Waals surface area contributed by atoms with Crippen molar-refractivity contribution < 1.29 is 19.0 Å². The number of carbonyl (C=O) groups is 1. The number of methoxy groups -OCH3 is 3. The summed E-state index contributed by atoms with van der Waals surface area (Å²) < 4.78 is 17.6. The van der Waals surface area contributed by atoms with Crippen molar-refractivity contribution in [1.29, 1.82) is 0 Å². The van der Waals surface area contributed by atoms with Gasteiger partial charge in [0.15, 0.2) is 0 Å². The molecule has 0 atom stereocenters. The highest BCUT2D eigenvalue weighted by Gasteiger charge is 2.15. The number of ether oxygens (including phenoxy) is 3. The van der Waals surface area contributed by atoms with Crippen molar-refractivity contribution in [2.45, 2.75) is 6.54 Å². The van der Waals surface area contributed by atoms with E-state index in [1.165, 1.54) is 0 Å². The van der Waals surface area contributed by atoms with Gasteiger partial charge < -0.3 is 24.1 Å². The quantitative estimate of drug-likeness (QED) is 0.604. The molecule has 8 heteroatoms. The average molecular weight is 396 g/mol. The van der Waals surface area contributed by atoms with Crippen molar-refractivity contribution in [3.05, 3.63) is 54.7 Å². The van der Waals surface area contributed by atoms with Gasteiger partial charge in [0.05, 0.1) is 32.7 Å².